The van der Waals surface area contributed by atoms with E-state index in [1.165, 1.54) is 18.2 Å². The van der Waals surface area contributed by atoms with Crippen molar-refractivity contribution >= 4 is 40.6 Å². The van der Waals surface area contributed by atoms with Crippen LogP contribution in [0.3, 0.4) is 0 Å². The van der Waals surface area contributed by atoms with Crippen molar-refractivity contribution in [2.75, 3.05) is 20.4 Å². The number of ether oxygens (including phenoxy) is 3. The second kappa shape index (κ2) is 6.43. The van der Waals surface area contributed by atoms with Crippen LogP contribution in [0.15, 0.2) is 17.0 Å². The number of imide groups is 1. The summed E-state index contributed by atoms with van der Waals surface area (Å²) in [4.78, 5) is 46.7. The number of hydrogen-bond acceptors (Lipinski definition) is 9. The summed E-state index contributed by atoms with van der Waals surface area (Å²) in [6, 6.07) is 2.54. The average Bonchev–Trinajstić information content (AvgIpc) is 3.13. The summed E-state index contributed by atoms with van der Waals surface area (Å²) in [5.41, 5.74) is -0.221. The molecule has 0 saturated carbocycles. The molecular formula is C14H10N2O8S. The quantitative estimate of drug-likeness (QED) is 0.337. The van der Waals surface area contributed by atoms with Crippen molar-refractivity contribution in [3.8, 4) is 11.5 Å². The van der Waals surface area contributed by atoms with E-state index in [2.05, 4.69) is 4.74 Å². The third-order valence-electron chi connectivity index (χ3n) is 3.39. The van der Waals surface area contributed by atoms with Crippen LogP contribution in [0.4, 0.5) is 10.5 Å². The van der Waals surface area contributed by atoms with Gasteiger partial charge >= 0.3 is 5.97 Å². The minimum absolute atomic E-state index is 0.0455. The molecule has 2 aliphatic rings. The second-order valence-corrected chi connectivity index (χ2v) is 5.86. The van der Waals surface area contributed by atoms with Gasteiger partial charge in [-0.3, -0.25) is 29.4 Å². The number of hydrogen-bond donors (Lipinski definition) is 0. The van der Waals surface area contributed by atoms with E-state index in [0.29, 0.717) is 22.4 Å². The lowest BCUT2D eigenvalue weighted by molar-refractivity contribution is -0.385. The Morgan fingerprint density at radius 3 is 2.72 bits per heavy atom. The third-order valence-corrected chi connectivity index (χ3v) is 4.30. The summed E-state index contributed by atoms with van der Waals surface area (Å²) in [6.07, 6.45) is 1.21. The van der Waals surface area contributed by atoms with E-state index >= 15 is 0 Å². The topological polar surface area (TPSA) is 125 Å². The van der Waals surface area contributed by atoms with Gasteiger partial charge in [-0.2, -0.15) is 0 Å². The summed E-state index contributed by atoms with van der Waals surface area (Å²) in [7, 11) is 1.13. The van der Waals surface area contributed by atoms with Crippen molar-refractivity contribution in [3.63, 3.8) is 0 Å². The summed E-state index contributed by atoms with van der Waals surface area (Å²) in [6.45, 7) is -0.590. The molecule has 11 heteroatoms. The van der Waals surface area contributed by atoms with Crippen LogP contribution in [0.2, 0.25) is 0 Å². The van der Waals surface area contributed by atoms with Gasteiger partial charge in [0.2, 0.25) is 6.79 Å². The third kappa shape index (κ3) is 3.13. The number of carbonyl (C=O) groups is 3. The maximum atomic E-state index is 12.3. The molecule has 0 aromatic heterocycles. The number of esters is 1. The Bertz CT molecular complexity index is 834. The first-order chi connectivity index (χ1) is 11.9. The summed E-state index contributed by atoms with van der Waals surface area (Å²) in [5, 5.41) is 10.6. The van der Waals surface area contributed by atoms with Crippen LogP contribution >= 0.6 is 11.8 Å². The van der Waals surface area contributed by atoms with E-state index in [0.717, 1.165) is 7.11 Å². The molecule has 0 radical (unpaired) electrons. The Kier molecular flexibility index (Phi) is 4.31. The Labute approximate surface area is 144 Å². The van der Waals surface area contributed by atoms with Gasteiger partial charge in [0.05, 0.1) is 28.6 Å². The van der Waals surface area contributed by atoms with Crippen LogP contribution in [-0.2, 0) is 14.3 Å². The number of benzene rings is 1. The summed E-state index contributed by atoms with van der Waals surface area (Å²) >= 11 is 0.579. The minimum Gasteiger partial charge on any atom is -0.468 e. The number of thioether (sulfide) groups is 1. The van der Waals surface area contributed by atoms with Crippen molar-refractivity contribution in [3.05, 3.63) is 32.7 Å². The Morgan fingerprint density at radius 1 is 1.40 bits per heavy atom. The van der Waals surface area contributed by atoms with Crippen LogP contribution in [0.5, 0.6) is 11.5 Å². The highest BCUT2D eigenvalue weighted by Crippen LogP contribution is 2.40. The van der Waals surface area contributed by atoms with Gasteiger partial charge in [-0.05, 0) is 23.9 Å². The van der Waals surface area contributed by atoms with Crippen LogP contribution < -0.4 is 9.47 Å². The van der Waals surface area contributed by atoms with Gasteiger partial charge in [0.1, 0.15) is 6.54 Å². The molecule has 1 fully saturated rings. The molecule has 3 rings (SSSR count). The fraction of sp³-hybridized carbons (Fsp3) is 0.214. The number of nitro groups is 1. The van der Waals surface area contributed by atoms with E-state index in [1.54, 1.807) is 0 Å². The number of fused-ring (bicyclic) bond motifs is 1. The lowest BCUT2D eigenvalue weighted by Crippen LogP contribution is -2.34. The molecule has 2 heterocycles. The van der Waals surface area contributed by atoms with E-state index in [4.69, 9.17) is 9.47 Å². The molecule has 0 unspecified atom stereocenters. The number of amides is 2. The van der Waals surface area contributed by atoms with Gasteiger partial charge in [-0.1, -0.05) is 0 Å². The second-order valence-electron chi connectivity index (χ2n) is 4.87. The standard InChI is InChI=1S/C14H10N2O8S/c1-22-12(17)5-15-13(18)11(25-14(15)19)3-7-2-9-10(24-6-23-9)4-8(7)16(20)21/h2-4H,5-6H2,1H3. The number of rotatable bonds is 4. The molecule has 10 nitrogen and oxygen atoms in total. The summed E-state index contributed by atoms with van der Waals surface area (Å²) < 4.78 is 14.7. The zero-order valence-corrected chi connectivity index (χ0v) is 13.5. The molecule has 0 N–H and O–H groups in total. The zero-order chi connectivity index (χ0) is 18.1. The predicted octanol–water partition coefficient (Wildman–Crippen LogP) is 1.53. The lowest BCUT2D eigenvalue weighted by atomic mass is 10.1. The van der Waals surface area contributed by atoms with Crippen molar-refractivity contribution in [1.82, 2.24) is 4.90 Å². The van der Waals surface area contributed by atoms with Crippen LogP contribution in [0.25, 0.3) is 6.08 Å². The normalized spacial score (nSPS) is 17.3. The highest BCUT2D eigenvalue weighted by Gasteiger charge is 2.37. The molecule has 25 heavy (non-hydrogen) atoms. The van der Waals surface area contributed by atoms with Gasteiger partial charge in [-0.25, -0.2) is 0 Å². The van der Waals surface area contributed by atoms with Crippen molar-refractivity contribution in [2.45, 2.75) is 0 Å². The van der Waals surface area contributed by atoms with E-state index < -0.39 is 28.6 Å². The molecule has 0 aliphatic carbocycles. The van der Waals surface area contributed by atoms with Gasteiger partial charge in [0.15, 0.2) is 11.5 Å². The first-order valence-corrected chi connectivity index (χ1v) is 7.62. The Morgan fingerprint density at radius 2 is 2.08 bits per heavy atom. The average molecular weight is 366 g/mol. The van der Waals surface area contributed by atoms with Crippen LogP contribution in [-0.4, -0.2) is 47.4 Å². The largest absolute Gasteiger partial charge is 0.468 e. The molecule has 1 saturated heterocycles. The first kappa shape index (κ1) is 16.8. The molecule has 1 aromatic carbocycles. The highest BCUT2D eigenvalue weighted by atomic mass is 32.2. The van der Waals surface area contributed by atoms with Gasteiger partial charge in [0, 0.05) is 0 Å². The van der Waals surface area contributed by atoms with Crippen molar-refractivity contribution in [1.29, 1.82) is 0 Å². The van der Waals surface area contributed by atoms with Gasteiger partial charge < -0.3 is 14.2 Å². The fourth-order valence-electron chi connectivity index (χ4n) is 2.19. The molecule has 130 valence electrons. The first-order valence-electron chi connectivity index (χ1n) is 6.81. The molecule has 1 aromatic rings. The monoisotopic (exact) mass is 366 g/mol. The van der Waals surface area contributed by atoms with E-state index in [-0.39, 0.29) is 28.7 Å². The van der Waals surface area contributed by atoms with Crippen molar-refractivity contribution in [2.24, 2.45) is 0 Å². The van der Waals surface area contributed by atoms with Crippen molar-refractivity contribution < 1.29 is 33.5 Å². The lowest BCUT2D eigenvalue weighted by Gasteiger charge is -2.09. The minimum atomic E-state index is -0.752. The maximum Gasteiger partial charge on any atom is 0.325 e. The van der Waals surface area contributed by atoms with Gasteiger partial charge in [-0.15, -0.1) is 0 Å². The maximum absolute atomic E-state index is 12.3. The van der Waals surface area contributed by atoms with Crippen LogP contribution in [0.1, 0.15) is 5.56 Å². The highest BCUT2D eigenvalue weighted by molar-refractivity contribution is 8.18. The molecule has 2 amide bonds. The SMILES string of the molecule is COC(=O)CN1C(=O)SC(=Cc2cc3c(cc2[N+](=O)[O-])OCO3)C1=O. The van der Waals surface area contributed by atoms with Crippen LogP contribution in [0, 0.1) is 10.1 Å². The smallest absolute Gasteiger partial charge is 0.325 e. The molecular weight excluding hydrogens is 356 g/mol. The molecule has 0 bridgehead atoms. The number of nitrogens with zero attached hydrogens (tertiary/aromatic N) is 2. The number of nitro benzene ring substituents is 1. The summed E-state index contributed by atoms with van der Waals surface area (Å²) in [5.74, 6) is -0.960. The number of methoxy groups -OCH3 is 1. The molecule has 0 atom stereocenters. The zero-order valence-electron chi connectivity index (χ0n) is 12.7. The van der Waals surface area contributed by atoms with E-state index in [1.807, 2.05) is 0 Å². The fourth-order valence-corrected chi connectivity index (χ4v) is 3.02. The molecule has 0 spiro atoms. The predicted molar refractivity (Wildman–Crippen MR) is 83.9 cm³/mol. The number of carbonyl (C=O) groups excluding carboxylic acids is 3. The Balaban J connectivity index is 1.96. The van der Waals surface area contributed by atoms with Gasteiger partial charge in [0.25, 0.3) is 16.8 Å². The van der Waals surface area contributed by atoms with E-state index in [9.17, 15) is 24.5 Å². The molecule has 2 aliphatic heterocycles. The Hall–Kier alpha value is -3.08.